The van der Waals surface area contributed by atoms with Crippen LogP contribution >= 0.6 is 0 Å². The van der Waals surface area contributed by atoms with Crippen LogP contribution in [-0.4, -0.2) is 55.8 Å². The van der Waals surface area contributed by atoms with Crippen molar-refractivity contribution in [3.8, 4) is 17.1 Å². The second-order valence-electron chi connectivity index (χ2n) is 8.53. The number of carbonyl (C=O) groups excluding carboxylic acids is 1. The summed E-state index contributed by atoms with van der Waals surface area (Å²) in [6, 6.07) is 7.77. The maximum atomic E-state index is 13.0. The summed E-state index contributed by atoms with van der Waals surface area (Å²) in [7, 11) is 1.60. The Bertz CT molecular complexity index is 1430. The van der Waals surface area contributed by atoms with Gasteiger partial charge in [0.15, 0.2) is 5.82 Å². The predicted molar refractivity (Wildman–Crippen MR) is 137 cm³/mol. The Hall–Kier alpha value is -4.19. The second kappa shape index (κ2) is 11.5. The fourth-order valence-electron chi connectivity index (χ4n) is 4.13. The van der Waals surface area contributed by atoms with Crippen molar-refractivity contribution in [3.63, 3.8) is 0 Å². The minimum atomic E-state index is -2.54. The first kappa shape index (κ1) is 26.9. The highest BCUT2D eigenvalue weighted by molar-refractivity contribution is 5.92. The van der Waals surface area contributed by atoms with Crippen molar-refractivity contribution < 1.29 is 23.0 Å². The number of alkyl halides is 2. The molecule has 0 radical (unpaired) electrons. The minimum absolute atomic E-state index is 0.0488. The molecule has 4 rings (SSSR count). The number of hydrogen-bond donors (Lipinski definition) is 1. The molecule has 0 aliphatic rings. The van der Waals surface area contributed by atoms with Crippen molar-refractivity contribution in [1.82, 2.24) is 29.5 Å². The molecule has 0 aliphatic heterocycles. The van der Waals surface area contributed by atoms with E-state index in [-0.39, 0.29) is 12.2 Å². The van der Waals surface area contributed by atoms with Gasteiger partial charge >= 0.3 is 5.97 Å². The number of nitrogens with zero attached hydrogens (tertiary/aromatic N) is 6. The van der Waals surface area contributed by atoms with Crippen molar-refractivity contribution in [2.75, 3.05) is 25.6 Å². The Morgan fingerprint density at radius 2 is 1.84 bits per heavy atom. The SMILES string of the molecule is CCOC(=O)c1c(C)nn(-c2cc(Nc3c(C)c(-c4ccc(C(F)F)cc4)nn3CCOC)ncn2)c1C. The molecule has 3 aromatic heterocycles. The Kier molecular flexibility index (Phi) is 8.10. The second-order valence-corrected chi connectivity index (χ2v) is 8.53. The molecule has 10 nitrogen and oxygen atoms in total. The predicted octanol–water partition coefficient (Wildman–Crippen LogP) is 4.96. The number of nitrogens with one attached hydrogen (secondary N) is 1. The number of hydrogen-bond acceptors (Lipinski definition) is 8. The van der Waals surface area contributed by atoms with Crippen LogP contribution in [0.2, 0.25) is 0 Å². The number of methoxy groups -OCH3 is 1. The van der Waals surface area contributed by atoms with E-state index in [4.69, 9.17) is 14.6 Å². The Morgan fingerprint density at radius 3 is 2.50 bits per heavy atom. The first-order valence-corrected chi connectivity index (χ1v) is 12.0. The number of aromatic nitrogens is 6. The Balaban J connectivity index is 1.69. The van der Waals surface area contributed by atoms with Gasteiger partial charge in [-0.15, -0.1) is 0 Å². The van der Waals surface area contributed by atoms with Gasteiger partial charge in [-0.2, -0.15) is 10.2 Å². The molecule has 0 amide bonds. The Morgan fingerprint density at radius 1 is 1.11 bits per heavy atom. The number of esters is 1. The number of aryl methyl sites for hydroxylation is 1. The number of benzene rings is 1. The molecule has 1 N–H and O–H groups in total. The van der Waals surface area contributed by atoms with Gasteiger partial charge in [-0.05, 0) is 27.7 Å². The molecule has 12 heteroatoms. The van der Waals surface area contributed by atoms with Crippen LogP contribution in [0, 0.1) is 20.8 Å². The summed E-state index contributed by atoms with van der Waals surface area (Å²) >= 11 is 0. The van der Waals surface area contributed by atoms with Crippen molar-refractivity contribution in [3.05, 3.63) is 64.7 Å². The van der Waals surface area contributed by atoms with E-state index in [0.717, 1.165) is 5.56 Å². The third-order valence-corrected chi connectivity index (χ3v) is 6.02. The van der Waals surface area contributed by atoms with Crippen LogP contribution in [0.3, 0.4) is 0 Å². The molecule has 0 atom stereocenters. The summed E-state index contributed by atoms with van der Waals surface area (Å²) in [5, 5.41) is 12.5. The van der Waals surface area contributed by atoms with Gasteiger partial charge in [0.1, 0.15) is 23.5 Å². The van der Waals surface area contributed by atoms with Crippen molar-refractivity contribution >= 4 is 17.6 Å². The average molecular weight is 526 g/mol. The van der Waals surface area contributed by atoms with Crippen LogP contribution in [0.1, 0.15) is 46.2 Å². The quantitative estimate of drug-likeness (QED) is 0.290. The van der Waals surface area contributed by atoms with E-state index >= 15 is 0 Å². The topological polar surface area (TPSA) is 109 Å². The standard InChI is InChI=1S/C26H29F2N7O3/c1-6-38-26(36)22-16(3)32-35(17(22)4)21-13-20(29-14-30-21)31-25-15(2)23(33-34(25)11-12-37-5)18-7-9-19(10-8-18)24(27)28/h7-10,13-14,24H,6,11-12H2,1-5H3,(H,29,30,31). The minimum Gasteiger partial charge on any atom is -0.462 e. The van der Waals surface area contributed by atoms with E-state index in [2.05, 4.69) is 20.4 Å². The highest BCUT2D eigenvalue weighted by atomic mass is 19.3. The largest absolute Gasteiger partial charge is 0.462 e. The summed E-state index contributed by atoms with van der Waals surface area (Å²) in [6.45, 7) is 8.28. The van der Waals surface area contributed by atoms with E-state index in [1.165, 1.54) is 18.5 Å². The maximum absolute atomic E-state index is 13.0. The lowest BCUT2D eigenvalue weighted by molar-refractivity contribution is 0.0524. The molecular formula is C26H29F2N7O3. The van der Waals surface area contributed by atoms with Crippen LogP contribution in [0.5, 0.6) is 0 Å². The molecule has 1 aromatic carbocycles. The molecule has 0 saturated carbocycles. The van der Waals surface area contributed by atoms with Gasteiger partial charge in [-0.25, -0.2) is 32.9 Å². The molecule has 200 valence electrons. The number of anilines is 2. The summed E-state index contributed by atoms with van der Waals surface area (Å²) in [6.07, 6.45) is -1.14. The van der Waals surface area contributed by atoms with E-state index in [0.29, 0.717) is 58.8 Å². The molecule has 0 unspecified atom stereocenters. The van der Waals surface area contributed by atoms with Gasteiger partial charge < -0.3 is 14.8 Å². The molecule has 0 fully saturated rings. The van der Waals surface area contributed by atoms with Crippen LogP contribution in [-0.2, 0) is 16.0 Å². The Labute approximate surface area is 218 Å². The number of rotatable bonds is 10. The van der Waals surface area contributed by atoms with Crippen molar-refractivity contribution in [2.45, 2.75) is 40.7 Å². The summed E-state index contributed by atoms with van der Waals surface area (Å²) in [5.74, 6) is 1.16. The molecule has 4 aromatic rings. The van der Waals surface area contributed by atoms with E-state index in [9.17, 15) is 13.6 Å². The highest BCUT2D eigenvalue weighted by Gasteiger charge is 2.22. The molecule has 38 heavy (non-hydrogen) atoms. The molecule has 0 saturated heterocycles. The van der Waals surface area contributed by atoms with Gasteiger partial charge in [0.25, 0.3) is 6.43 Å². The molecular weight excluding hydrogens is 496 g/mol. The highest BCUT2D eigenvalue weighted by Crippen LogP contribution is 2.31. The summed E-state index contributed by atoms with van der Waals surface area (Å²) < 4.78 is 39.8. The third kappa shape index (κ3) is 5.40. The third-order valence-electron chi connectivity index (χ3n) is 6.02. The lowest BCUT2D eigenvalue weighted by Gasteiger charge is -2.11. The van der Waals surface area contributed by atoms with Gasteiger partial charge in [0, 0.05) is 29.9 Å². The lowest BCUT2D eigenvalue weighted by atomic mass is 10.1. The van der Waals surface area contributed by atoms with Crippen molar-refractivity contribution in [2.24, 2.45) is 0 Å². The van der Waals surface area contributed by atoms with E-state index in [1.807, 2.05) is 6.92 Å². The monoisotopic (exact) mass is 525 g/mol. The fourth-order valence-corrected chi connectivity index (χ4v) is 4.13. The molecule has 3 heterocycles. The van der Waals surface area contributed by atoms with Gasteiger partial charge in [-0.3, -0.25) is 0 Å². The maximum Gasteiger partial charge on any atom is 0.341 e. The van der Waals surface area contributed by atoms with Crippen molar-refractivity contribution in [1.29, 1.82) is 0 Å². The first-order chi connectivity index (χ1) is 18.2. The zero-order valence-corrected chi connectivity index (χ0v) is 21.8. The van der Waals surface area contributed by atoms with Crippen LogP contribution < -0.4 is 5.32 Å². The van der Waals surface area contributed by atoms with Gasteiger partial charge in [-0.1, -0.05) is 24.3 Å². The summed E-state index contributed by atoms with van der Waals surface area (Å²) in [4.78, 5) is 21.1. The number of ether oxygens (including phenoxy) is 2. The van der Waals surface area contributed by atoms with Gasteiger partial charge in [0.2, 0.25) is 0 Å². The first-order valence-electron chi connectivity index (χ1n) is 12.0. The summed E-state index contributed by atoms with van der Waals surface area (Å²) in [5.41, 5.74) is 3.65. The van der Waals surface area contributed by atoms with Crippen LogP contribution in [0.25, 0.3) is 17.1 Å². The zero-order chi connectivity index (χ0) is 27.4. The smallest absolute Gasteiger partial charge is 0.341 e. The normalized spacial score (nSPS) is 11.3. The van der Waals surface area contributed by atoms with Crippen LogP contribution in [0.4, 0.5) is 20.4 Å². The number of carbonyl (C=O) groups is 1. The van der Waals surface area contributed by atoms with E-state index in [1.54, 1.807) is 55.4 Å². The zero-order valence-electron chi connectivity index (χ0n) is 21.8. The lowest BCUT2D eigenvalue weighted by Crippen LogP contribution is -2.11. The number of halogens is 2. The fraction of sp³-hybridized carbons (Fsp3) is 0.346. The van der Waals surface area contributed by atoms with Crippen LogP contribution in [0.15, 0.2) is 36.7 Å². The molecule has 0 bridgehead atoms. The van der Waals surface area contributed by atoms with E-state index < -0.39 is 12.4 Å². The average Bonchev–Trinajstić information content (AvgIpc) is 3.38. The molecule has 0 aliphatic carbocycles. The molecule has 0 spiro atoms. The van der Waals surface area contributed by atoms with Gasteiger partial charge in [0.05, 0.1) is 36.8 Å².